The molecule has 1 aromatic carbocycles. The van der Waals surface area contributed by atoms with Crippen LogP contribution >= 0.6 is 0 Å². The van der Waals surface area contributed by atoms with Crippen molar-refractivity contribution >= 4 is 23.5 Å². The monoisotopic (exact) mass is 363 g/mol. The molecule has 1 aromatic rings. The number of benzene rings is 1. The van der Waals surface area contributed by atoms with Gasteiger partial charge in [0.25, 0.3) is 0 Å². The van der Waals surface area contributed by atoms with Crippen LogP contribution in [0, 0.1) is 0 Å². The van der Waals surface area contributed by atoms with Gasteiger partial charge in [0.05, 0.1) is 26.7 Å². The molecule has 1 atom stereocenters. The first-order valence-corrected chi connectivity index (χ1v) is 8.66. The molecule has 2 amide bonds. The van der Waals surface area contributed by atoms with Crippen LogP contribution in [-0.4, -0.2) is 62.1 Å². The topological polar surface area (TPSA) is 97.0 Å². The zero-order valence-electron chi connectivity index (χ0n) is 15.1. The Morgan fingerprint density at radius 3 is 2.92 bits per heavy atom. The molecule has 1 aliphatic rings. The largest absolute Gasteiger partial charge is 0.497 e. The van der Waals surface area contributed by atoms with E-state index in [1.54, 1.807) is 19.2 Å². The second kappa shape index (κ2) is 9.65. The van der Waals surface area contributed by atoms with E-state index < -0.39 is 12.0 Å². The molecular weight excluding hydrogens is 338 g/mol. The van der Waals surface area contributed by atoms with Gasteiger partial charge in [0.15, 0.2) is 0 Å². The van der Waals surface area contributed by atoms with Crippen molar-refractivity contribution in [3.63, 3.8) is 0 Å². The Hall–Kier alpha value is -2.77. The number of nitrogens with one attached hydrogen (secondary N) is 2. The lowest BCUT2D eigenvalue weighted by molar-refractivity contribution is -0.151. The number of esters is 1. The summed E-state index contributed by atoms with van der Waals surface area (Å²) in [4.78, 5) is 38.0. The maximum absolute atomic E-state index is 12.6. The Labute approximate surface area is 152 Å². The molecule has 1 fully saturated rings. The molecule has 1 saturated heterocycles. The quantitative estimate of drug-likeness (QED) is 0.663. The number of ether oxygens (including phenoxy) is 2. The summed E-state index contributed by atoms with van der Waals surface area (Å²) < 4.78 is 10.2. The van der Waals surface area contributed by atoms with Crippen LogP contribution < -0.4 is 15.4 Å². The van der Waals surface area contributed by atoms with Crippen molar-refractivity contribution in [2.75, 3.05) is 38.7 Å². The molecule has 26 heavy (non-hydrogen) atoms. The fourth-order valence-corrected chi connectivity index (χ4v) is 2.66. The highest BCUT2D eigenvalue weighted by atomic mass is 16.5. The van der Waals surface area contributed by atoms with Gasteiger partial charge in [-0.05, 0) is 18.6 Å². The summed E-state index contributed by atoms with van der Waals surface area (Å²) in [5, 5.41) is 5.71. The average Bonchev–Trinajstić information content (AvgIpc) is 2.66. The van der Waals surface area contributed by atoms with Crippen molar-refractivity contribution in [2.24, 2.45) is 0 Å². The number of hydrogen-bond donors (Lipinski definition) is 2. The van der Waals surface area contributed by atoms with Gasteiger partial charge in [-0.1, -0.05) is 13.0 Å². The number of amides is 2. The molecule has 2 rings (SSSR count). The van der Waals surface area contributed by atoms with E-state index >= 15 is 0 Å². The molecule has 1 heterocycles. The fraction of sp³-hybridized carbons (Fsp3) is 0.500. The van der Waals surface area contributed by atoms with Crippen molar-refractivity contribution in [2.45, 2.75) is 25.8 Å². The van der Waals surface area contributed by atoms with E-state index in [2.05, 4.69) is 10.6 Å². The third-order valence-electron chi connectivity index (χ3n) is 3.99. The molecule has 0 aliphatic carbocycles. The summed E-state index contributed by atoms with van der Waals surface area (Å²) in [6.07, 6.45) is 0.562. The van der Waals surface area contributed by atoms with Crippen molar-refractivity contribution < 1.29 is 23.9 Å². The lowest BCUT2D eigenvalue weighted by Crippen LogP contribution is -2.58. The predicted octanol–water partition coefficient (Wildman–Crippen LogP) is 0.777. The molecule has 1 unspecified atom stereocenters. The normalized spacial score (nSPS) is 16.6. The summed E-state index contributed by atoms with van der Waals surface area (Å²) >= 11 is 0. The van der Waals surface area contributed by atoms with Gasteiger partial charge in [-0.3, -0.25) is 14.4 Å². The third kappa shape index (κ3) is 5.37. The van der Waals surface area contributed by atoms with Crippen LogP contribution in [0.3, 0.4) is 0 Å². The van der Waals surface area contributed by atoms with Crippen LogP contribution in [0.25, 0.3) is 0 Å². The molecule has 8 nitrogen and oxygen atoms in total. The second-order valence-electron chi connectivity index (χ2n) is 5.90. The zero-order chi connectivity index (χ0) is 18.9. The first-order chi connectivity index (χ1) is 12.5. The van der Waals surface area contributed by atoms with Crippen LogP contribution in [0.4, 0.5) is 5.69 Å². The number of piperazine rings is 1. The molecular formula is C18H25N3O5. The molecule has 2 N–H and O–H groups in total. The van der Waals surface area contributed by atoms with E-state index in [1.165, 1.54) is 4.90 Å². The number of rotatable bonds is 8. The Balaban J connectivity index is 1.97. The summed E-state index contributed by atoms with van der Waals surface area (Å²) in [6.45, 7) is 2.93. The van der Waals surface area contributed by atoms with Gasteiger partial charge in [0.2, 0.25) is 11.8 Å². The van der Waals surface area contributed by atoms with E-state index in [0.29, 0.717) is 31.9 Å². The van der Waals surface area contributed by atoms with Crippen LogP contribution in [-0.2, 0) is 19.1 Å². The van der Waals surface area contributed by atoms with Crippen molar-refractivity contribution in [3.05, 3.63) is 24.3 Å². The highest BCUT2D eigenvalue weighted by Crippen LogP contribution is 2.17. The highest BCUT2D eigenvalue weighted by Gasteiger charge is 2.34. The van der Waals surface area contributed by atoms with Gasteiger partial charge in [0, 0.05) is 24.8 Å². The predicted molar refractivity (Wildman–Crippen MR) is 95.9 cm³/mol. The summed E-state index contributed by atoms with van der Waals surface area (Å²) in [6, 6.07) is 6.37. The first-order valence-electron chi connectivity index (χ1n) is 8.66. The Morgan fingerprint density at radius 2 is 2.19 bits per heavy atom. The zero-order valence-corrected chi connectivity index (χ0v) is 15.1. The average molecular weight is 363 g/mol. The molecule has 0 aromatic heterocycles. The van der Waals surface area contributed by atoms with Crippen LogP contribution in [0.2, 0.25) is 0 Å². The summed E-state index contributed by atoms with van der Waals surface area (Å²) in [7, 11) is 1.57. The third-order valence-corrected chi connectivity index (χ3v) is 3.99. The maximum Gasteiger partial charge on any atom is 0.308 e. The molecule has 0 saturated carbocycles. The van der Waals surface area contributed by atoms with Crippen LogP contribution in [0.15, 0.2) is 24.3 Å². The number of nitrogens with zero attached hydrogens (tertiary/aromatic N) is 1. The molecule has 1 aliphatic heterocycles. The van der Waals surface area contributed by atoms with Gasteiger partial charge < -0.3 is 25.0 Å². The first kappa shape index (κ1) is 19.6. The standard InChI is InChI=1S/C18H25N3O5/c1-3-9-26-17(23)11-15-18(24)19-7-8-21(15)16(22)12-20-13-5-4-6-14(10-13)25-2/h4-6,10,15,20H,3,7-9,11-12H2,1-2H3,(H,19,24). The minimum Gasteiger partial charge on any atom is -0.497 e. The van der Waals surface area contributed by atoms with Crippen molar-refractivity contribution in [1.82, 2.24) is 10.2 Å². The molecule has 0 radical (unpaired) electrons. The molecule has 0 spiro atoms. The van der Waals surface area contributed by atoms with E-state index in [-0.39, 0.29) is 24.8 Å². The fourth-order valence-electron chi connectivity index (χ4n) is 2.66. The van der Waals surface area contributed by atoms with Crippen LogP contribution in [0.5, 0.6) is 5.75 Å². The Bertz CT molecular complexity index is 649. The van der Waals surface area contributed by atoms with E-state index in [1.807, 2.05) is 19.1 Å². The maximum atomic E-state index is 12.6. The second-order valence-corrected chi connectivity index (χ2v) is 5.90. The minimum absolute atomic E-state index is 0.0148. The smallest absolute Gasteiger partial charge is 0.308 e. The number of anilines is 1. The Kier molecular flexibility index (Phi) is 7.25. The summed E-state index contributed by atoms with van der Waals surface area (Å²) in [5.41, 5.74) is 0.734. The van der Waals surface area contributed by atoms with Gasteiger partial charge >= 0.3 is 5.97 Å². The van der Waals surface area contributed by atoms with Crippen LogP contribution in [0.1, 0.15) is 19.8 Å². The van der Waals surface area contributed by atoms with Crippen molar-refractivity contribution in [1.29, 1.82) is 0 Å². The number of methoxy groups -OCH3 is 1. The van der Waals surface area contributed by atoms with Crippen molar-refractivity contribution in [3.8, 4) is 5.75 Å². The number of carbonyl (C=O) groups is 3. The van der Waals surface area contributed by atoms with E-state index in [0.717, 1.165) is 5.69 Å². The molecule has 142 valence electrons. The van der Waals surface area contributed by atoms with Gasteiger partial charge in [-0.2, -0.15) is 0 Å². The van der Waals surface area contributed by atoms with Gasteiger partial charge in [-0.15, -0.1) is 0 Å². The van der Waals surface area contributed by atoms with Gasteiger partial charge in [0.1, 0.15) is 11.8 Å². The van der Waals surface area contributed by atoms with E-state index in [4.69, 9.17) is 9.47 Å². The lowest BCUT2D eigenvalue weighted by Gasteiger charge is -2.34. The lowest BCUT2D eigenvalue weighted by atomic mass is 10.1. The van der Waals surface area contributed by atoms with Gasteiger partial charge in [-0.25, -0.2) is 0 Å². The number of hydrogen-bond acceptors (Lipinski definition) is 6. The highest BCUT2D eigenvalue weighted by molar-refractivity contribution is 5.93. The minimum atomic E-state index is -0.840. The number of carbonyl (C=O) groups excluding carboxylic acids is 3. The summed E-state index contributed by atoms with van der Waals surface area (Å²) in [5.74, 6) is -0.390. The Morgan fingerprint density at radius 1 is 1.38 bits per heavy atom. The van der Waals surface area contributed by atoms with E-state index in [9.17, 15) is 14.4 Å². The SMILES string of the molecule is CCCOC(=O)CC1C(=O)NCCN1C(=O)CNc1cccc(OC)c1. The molecule has 0 bridgehead atoms. The molecule has 8 heteroatoms.